The van der Waals surface area contributed by atoms with Crippen LogP contribution in [-0.4, -0.2) is 16.3 Å². The fourth-order valence-corrected chi connectivity index (χ4v) is 2.13. The molecule has 0 radical (unpaired) electrons. The van der Waals surface area contributed by atoms with Gasteiger partial charge in [-0.15, -0.1) is 0 Å². The van der Waals surface area contributed by atoms with Crippen LogP contribution >= 0.6 is 11.6 Å². The second kappa shape index (κ2) is 4.32. The maximum absolute atomic E-state index is 12.1. The molecule has 0 spiro atoms. The van der Waals surface area contributed by atoms with E-state index in [0.29, 0.717) is 10.5 Å². The van der Waals surface area contributed by atoms with Crippen molar-refractivity contribution in [3.8, 4) is 0 Å². The highest BCUT2D eigenvalue weighted by molar-refractivity contribution is 6.35. The Morgan fingerprint density at radius 3 is 2.61 bits per heavy atom. The van der Waals surface area contributed by atoms with Gasteiger partial charge in [-0.3, -0.25) is 4.57 Å². The molecule has 1 heterocycles. The molecule has 2 aromatic rings. The number of para-hydroxylation sites is 1. The van der Waals surface area contributed by atoms with Gasteiger partial charge in [0.15, 0.2) is 0 Å². The zero-order valence-electron chi connectivity index (χ0n) is 11.0. The predicted octanol–water partition coefficient (Wildman–Crippen LogP) is 4.39. The second-order valence-electron chi connectivity index (χ2n) is 5.30. The van der Waals surface area contributed by atoms with Crippen LogP contribution in [0.2, 0.25) is 5.02 Å². The first kappa shape index (κ1) is 13.0. The summed E-state index contributed by atoms with van der Waals surface area (Å²) in [5.41, 5.74) is 1.17. The lowest BCUT2D eigenvalue weighted by Crippen LogP contribution is -2.26. The standard InChI is InChI=1S/C14H16ClNO2/c1-9-8-16(13(17)18-14(2,3)4)12-10(9)6-5-7-11(12)15/h5-8H,1-4H3. The van der Waals surface area contributed by atoms with Gasteiger partial charge in [0, 0.05) is 11.6 Å². The van der Waals surface area contributed by atoms with Crippen molar-refractivity contribution in [2.24, 2.45) is 0 Å². The zero-order valence-corrected chi connectivity index (χ0v) is 11.7. The topological polar surface area (TPSA) is 31.2 Å². The molecular weight excluding hydrogens is 250 g/mol. The number of nitrogens with zero attached hydrogens (tertiary/aromatic N) is 1. The van der Waals surface area contributed by atoms with Crippen molar-refractivity contribution in [1.82, 2.24) is 4.57 Å². The maximum Gasteiger partial charge on any atom is 0.419 e. The molecule has 0 saturated carbocycles. The van der Waals surface area contributed by atoms with Gasteiger partial charge in [-0.2, -0.15) is 0 Å². The third kappa shape index (κ3) is 2.36. The summed E-state index contributed by atoms with van der Waals surface area (Å²) < 4.78 is 6.84. The summed E-state index contributed by atoms with van der Waals surface area (Å²) in [5, 5.41) is 1.51. The van der Waals surface area contributed by atoms with E-state index in [4.69, 9.17) is 16.3 Å². The summed E-state index contributed by atoms with van der Waals surface area (Å²) in [7, 11) is 0. The highest BCUT2D eigenvalue weighted by atomic mass is 35.5. The minimum absolute atomic E-state index is 0.409. The summed E-state index contributed by atoms with van der Waals surface area (Å²) in [6, 6.07) is 5.58. The number of aryl methyl sites for hydroxylation is 1. The van der Waals surface area contributed by atoms with E-state index in [9.17, 15) is 4.79 Å². The molecule has 0 N–H and O–H groups in total. The van der Waals surface area contributed by atoms with Gasteiger partial charge in [-0.05, 0) is 39.3 Å². The van der Waals surface area contributed by atoms with Crippen LogP contribution in [0.15, 0.2) is 24.4 Å². The molecule has 0 amide bonds. The van der Waals surface area contributed by atoms with Crippen LogP contribution in [0.25, 0.3) is 10.9 Å². The van der Waals surface area contributed by atoms with Gasteiger partial charge in [0.1, 0.15) is 5.60 Å². The molecule has 0 saturated heterocycles. The first-order chi connectivity index (χ1) is 8.29. The second-order valence-corrected chi connectivity index (χ2v) is 5.71. The van der Waals surface area contributed by atoms with E-state index in [1.54, 1.807) is 12.3 Å². The Kier molecular flexibility index (Phi) is 3.11. The quantitative estimate of drug-likeness (QED) is 0.707. The van der Waals surface area contributed by atoms with Crippen molar-refractivity contribution in [3.63, 3.8) is 0 Å². The lowest BCUT2D eigenvalue weighted by Gasteiger charge is -2.19. The molecule has 0 fully saturated rings. The molecule has 2 rings (SSSR count). The van der Waals surface area contributed by atoms with Crippen LogP contribution in [-0.2, 0) is 4.74 Å². The van der Waals surface area contributed by atoms with Gasteiger partial charge in [-0.25, -0.2) is 4.79 Å². The number of hydrogen-bond donors (Lipinski definition) is 0. The van der Waals surface area contributed by atoms with Crippen LogP contribution < -0.4 is 0 Å². The monoisotopic (exact) mass is 265 g/mol. The Morgan fingerprint density at radius 1 is 1.33 bits per heavy atom. The molecule has 96 valence electrons. The minimum atomic E-state index is -0.525. The fourth-order valence-electron chi connectivity index (χ4n) is 1.86. The molecule has 0 aliphatic heterocycles. The molecule has 0 aliphatic carbocycles. The number of fused-ring (bicyclic) bond motifs is 1. The van der Waals surface area contributed by atoms with Crippen molar-refractivity contribution >= 4 is 28.6 Å². The van der Waals surface area contributed by atoms with E-state index in [2.05, 4.69) is 0 Å². The lowest BCUT2D eigenvalue weighted by atomic mass is 10.2. The van der Waals surface area contributed by atoms with E-state index < -0.39 is 11.7 Å². The van der Waals surface area contributed by atoms with Gasteiger partial charge < -0.3 is 4.74 Å². The van der Waals surface area contributed by atoms with Crippen molar-refractivity contribution in [2.75, 3.05) is 0 Å². The van der Waals surface area contributed by atoms with Crippen LogP contribution in [0.1, 0.15) is 26.3 Å². The van der Waals surface area contributed by atoms with Gasteiger partial charge in [0.2, 0.25) is 0 Å². The van der Waals surface area contributed by atoms with Gasteiger partial charge in [-0.1, -0.05) is 23.7 Å². The van der Waals surface area contributed by atoms with E-state index in [-0.39, 0.29) is 0 Å². The first-order valence-corrected chi connectivity index (χ1v) is 6.17. The van der Waals surface area contributed by atoms with Crippen molar-refractivity contribution in [2.45, 2.75) is 33.3 Å². The van der Waals surface area contributed by atoms with Gasteiger partial charge >= 0.3 is 6.09 Å². The smallest absolute Gasteiger partial charge is 0.419 e. The number of rotatable bonds is 0. The molecular formula is C14H16ClNO2. The Hall–Kier alpha value is -1.48. The number of hydrogen-bond acceptors (Lipinski definition) is 2. The van der Waals surface area contributed by atoms with Crippen LogP contribution in [0, 0.1) is 6.92 Å². The molecule has 0 aliphatic rings. The number of halogens is 1. The summed E-state index contributed by atoms with van der Waals surface area (Å²) in [5.74, 6) is 0. The highest BCUT2D eigenvalue weighted by Gasteiger charge is 2.20. The zero-order chi connectivity index (χ0) is 13.5. The third-order valence-corrected chi connectivity index (χ3v) is 2.87. The highest BCUT2D eigenvalue weighted by Crippen LogP contribution is 2.28. The van der Waals surface area contributed by atoms with Crippen molar-refractivity contribution in [3.05, 3.63) is 35.0 Å². The normalized spacial score (nSPS) is 11.8. The lowest BCUT2D eigenvalue weighted by molar-refractivity contribution is 0.0544. The average Bonchev–Trinajstić information content (AvgIpc) is 2.56. The number of carbonyl (C=O) groups is 1. The summed E-state index contributed by atoms with van der Waals surface area (Å²) in [6.45, 7) is 7.46. The molecule has 0 atom stereocenters. The van der Waals surface area contributed by atoms with Crippen molar-refractivity contribution in [1.29, 1.82) is 0 Å². The molecule has 0 unspecified atom stereocenters. The van der Waals surface area contributed by atoms with Crippen LogP contribution in [0.3, 0.4) is 0 Å². The molecule has 3 nitrogen and oxygen atoms in total. The average molecular weight is 266 g/mol. The third-order valence-electron chi connectivity index (χ3n) is 2.57. The summed E-state index contributed by atoms with van der Waals surface area (Å²) in [6.07, 6.45) is 1.35. The Balaban J connectivity index is 2.55. The SMILES string of the molecule is Cc1cn(C(=O)OC(C)(C)C)c2c(Cl)cccc12. The minimum Gasteiger partial charge on any atom is -0.443 e. The fraction of sp³-hybridized carbons (Fsp3) is 0.357. The van der Waals surface area contributed by atoms with Gasteiger partial charge in [0.25, 0.3) is 0 Å². The molecule has 4 heteroatoms. The molecule has 1 aromatic carbocycles. The van der Waals surface area contributed by atoms with E-state index >= 15 is 0 Å². The van der Waals surface area contributed by atoms with Gasteiger partial charge in [0.05, 0.1) is 10.5 Å². The number of benzene rings is 1. The molecule has 18 heavy (non-hydrogen) atoms. The Bertz CT molecular complexity index is 608. The van der Waals surface area contributed by atoms with E-state index in [0.717, 1.165) is 10.9 Å². The summed E-state index contributed by atoms with van der Waals surface area (Å²) >= 11 is 6.16. The first-order valence-electron chi connectivity index (χ1n) is 5.79. The van der Waals surface area contributed by atoms with Crippen molar-refractivity contribution < 1.29 is 9.53 Å². The number of carbonyl (C=O) groups excluding carboxylic acids is 1. The Morgan fingerprint density at radius 2 is 2.00 bits per heavy atom. The Labute approximate surface area is 111 Å². The predicted molar refractivity (Wildman–Crippen MR) is 73.3 cm³/mol. The maximum atomic E-state index is 12.1. The van der Waals surface area contributed by atoms with E-state index in [1.165, 1.54) is 4.57 Å². The van der Waals surface area contributed by atoms with Crippen LogP contribution in [0.5, 0.6) is 0 Å². The summed E-state index contributed by atoms with van der Waals surface area (Å²) in [4.78, 5) is 12.1. The molecule has 1 aromatic heterocycles. The molecule has 0 bridgehead atoms. The number of aromatic nitrogens is 1. The number of ether oxygens (including phenoxy) is 1. The largest absolute Gasteiger partial charge is 0.443 e. The van der Waals surface area contributed by atoms with Crippen LogP contribution in [0.4, 0.5) is 4.79 Å². The van der Waals surface area contributed by atoms with E-state index in [1.807, 2.05) is 39.8 Å².